The standard InChI is InChI=1S/C21H24N6O2S2/c1-13-10-14(2)24-20(23-13)26-19(22-12-16-6-5-9-31-16)27-21(30)25-17-8-7-15(28-3)11-18(17)29-4/h5-11H,12H2,1-4H3,(H3,22,23,24,25,26,27,30). The van der Waals surface area contributed by atoms with Gasteiger partial charge in [-0.15, -0.1) is 11.3 Å². The third-order valence-electron chi connectivity index (χ3n) is 4.07. The maximum Gasteiger partial charge on any atom is 0.229 e. The lowest BCUT2D eigenvalue weighted by Crippen LogP contribution is -2.39. The second-order valence-corrected chi connectivity index (χ2v) is 7.93. The number of thiophene rings is 1. The number of thiocarbonyl (C=S) groups is 1. The molecule has 162 valence electrons. The number of nitrogens with one attached hydrogen (secondary N) is 3. The Hall–Kier alpha value is -3.24. The van der Waals surface area contributed by atoms with Crippen LogP contribution in [0.25, 0.3) is 0 Å². The fourth-order valence-electron chi connectivity index (χ4n) is 2.72. The summed E-state index contributed by atoms with van der Waals surface area (Å²) in [7, 11) is 3.19. The number of methoxy groups -OCH3 is 2. The average molecular weight is 457 g/mol. The molecule has 0 atom stereocenters. The fraction of sp³-hybridized carbons (Fsp3) is 0.238. The van der Waals surface area contributed by atoms with E-state index in [9.17, 15) is 0 Å². The number of aromatic nitrogens is 2. The quantitative estimate of drug-likeness (QED) is 0.290. The van der Waals surface area contributed by atoms with Gasteiger partial charge in [-0.3, -0.25) is 5.32 Å². The van der Waals surface area contributed by atoms with Crippen LogP contribution in [0.3, 0.4) is 0 Å². The molecule has 0 aliphatic heterocycles. The molecule has 3 rings (SSSR count). The van der Waals surface area contributed by atoms with Gasteiger partial charge in [0, 0.05) is 22.3 Å². The molecule has 0 radical (unpaired) electrons. The first-order chi connectivity index (χ1) is 15.0. The molecule has 0 spiro atoms. The molecule has 0 amide bonds. The molecule has 0 saturated heterocycles. The first kappa shape index (κ1) is 22.4. The van der Waals surface area contributed by atoms with E-state index in [0.717, 1.165) is 16.3 Å². The Morgan fingerprint density at radius 3 is 2.48 bits per heavy atom. The van der Waals surface area contributed by atoms with E-state index < -0.39 is 0 Å². The van der Waals surface area contributed by atoms with Crippen LogP contribution in [0.2, 0.25) is 0 Å². The highest BCUT2D eigenvalue weighted by Crippen LogP contribution is 2.28. The van der Waals surface area contributed by atoms with E-state index in [1.165, 1.54) is 0 Å². The summed E-state index contributed by atoms with van der Waals surface area (Å²) in [5.41, 5.74) is 2.41. The summed E-state index contributed by atoms with van der Waals surface area (Å²) in [6.45, 7) is 4.32. The SMILES string of the molecule is COc1ccc(NC(=S)NC(=NCc2cccs2)Nc2nc(C)cc(C)n2)c(OC)c1. The van der Waals surface area contributed by atoms with Gasteiger partial charge in [-0.05, 0) is 55.7 Å². The summed E-state index contributed by atoms with van der Waals surface area (Å²) in [5, 5.41) is 11.7. The lowest BCUT2D eigenvalue weighted by molar-refractivity contribution is 0.395. The number of aryl methyl sites for hydroxylation is 2. The van der Waals surface area contributed by atoms with Crippen molar-refractivity contribution in [1.82, 2.24) is 15.3 Å². The minimum absolute atomic E-state index is 0.338. The Labute approximate surface area is 190 Å². The Morgan fingerprint density at radius 1 is 1.06 bits per heavy atom. The van der Waals surface area contributed by atoms with Gasteiger partial charge < -0.3 is 20.1 Å². The molecule has 8 nitrogen and oxygen atoms in total. The highest BCUT2D eigenvalue weighted by Gasteiger charge is 2.10. The van der Waals surface area contributed by atoms with Gasteiger partial charge in [0.1, 0.15) is 11.5 Å². The van der Waals surface area contributed by atoms with Crippen molar-refractivity contribution in [2.75, 3.05) is 24.9 Å². The predicted molar refractivity (Wildman–Crippen MR) is 129 cm³/mol. The number of ether oxygens (including phenoxy) is 2. The number of hydrogen-bond donors (Lipinski definition) is 3. The number of nitrogens with zero attached hydrogens (tertiary/aromatic N) is 3. The lowest BCUT2D eigenvalue weighted by atomic mass is 10.2. The normalized spacial score (nSPS) is 11.0. The topological polar surface area (TPSA) is 92.7 Å². The van der Waals surface area contributed by atoms with Gasteiger partial charge in [0.15, 0.2) is 5.11 Å². The van der Waals surface area contributed by atoms with Crippen LogP contribution in [-0.4, -0.2) is 35.3 Å². The molecule has 0 saturated carbocycles. The van der Waals surface area contributed by atoms with Crippen molar-refractivity contribution in [2.45, 2.75) is 20.4 Å². The van der Waals surface area contributed by atoms with Crippen LogP contribution < -0.4 is 25.4 Å². The first-order valence-corrected chi connectivity index (χ1v) is 10.7. The van der Waals surface area contributed by atoms with Crippen LogP contribution in [0.5, 0.6) is 11.5 Å². The van der Waals surface area contributed by atoms with Crippen molar-refractivity contribution in [3.63, 3.8) is 0 Å². The van der Waals surface area contributed by atoms with Crippen LogP contribution in [0.1, 0.15) is 16.3 Å². The average Bonchev–Trinajstić information content (AvgIpc) is 3.25. The molecule has 0 aliphatic carbocycles. The number of benzene rings is 1. The molecule has 2 aromatic heterocycles. The molecule has 1 aromatic carbocycles. The van der Waals surface area contributed by atoms with E-state index >= 15 is 0 Å². The summed E-state index contributed by atoms with van der Waals surface area (Å²) >= 11 is 7.13. The lowest BCUT2D eigenvalue weighted by Gasteiger charge is -2.16. The first-order valence-electron chi connectivity index (χ1n) is 9.43. The van der Waals surface area contributed by atoms with Gasteiger partial charge in [-0.1, -0.05) is 6.07 Å². The second-order valence-electron chi connectivity index (χ2n) is 6.49. The minimum atomic E-state index is 0.338. The number of rotatable bonds is 6. The number of hydrogen-bond acceptors (Lipinski definition) is 7. The van der Waals surface area contributed by atoms with E-state index in [1.807, 2.05) is 49.6 Å². The fourth-order valence-corrected chi connectivity index (χ4v) is 3.56. The molecule has 3 aromatic rings. The summed E-state index contributed by atoms with van der Waals surface area (Å²) in [4.78, 5) is 14.6. The van der Waals surface area contributed by atoms with Gasteiger partial charge in [-0.2, -0.15) is 0 Å². The Kier molecular flexibility index (Phi) is 7.74. The zero-order valence-corrected chi connectivity index (χ0v) is 19.4. The Bertz CT molecular complexity index is 1050. The van der Waals surface area contributed by atoms with Crippen molar-refractivity contribution in [1.29, 1.82) is 0 Å². The third-order valence-corrected chi connectivity index (χ3v) is 5.14. The highest BCUT2D eigenvalue weighted by molar-refractivity contribution is 7.80. The Balaban J connectivity index is 1.77. The zero-order chi connectivity index (χ0) is 22.2. The summed E-state index contributed by atoms with van der Waals surface area (Å²) in [6, 6.07) is 11.3. The Morgan fingerprint density at radius 2 is 1.84 bits per heavy atom. The van der Waals surface area contributed by atoms with E-state index in [-0.39, 0.29) is 0 Å². The van der Waals surface area contributed by atoms with Crippen molar-refractivity contribution in [3.05, 3.63) is 58.0 Å². The molecule has 10 heteroatoms. The summed E-state index contributed by atoms with van der Waals surface area (Å²) in [6.07, 6.45) is 0. The van der Waals surface area contributed by atoms with E-state index in [2.05, 4.69) is 30.9 Å². The van der Waals surface area contributed by atoms with Crippen LogP contribution in [0, 0.1) is 13.8 Å². The molecule has 0 fully saturated rings. The molecule has 0 bridgehead atoms. The minimum Gasteiger partial charge on any atom is -0.497 e. The maximum absolute atomic E-state index is 5.49. The van der Waals surface area contributed by atoms with Crippen LogP contribution in [0.15, 0.2) is 46.8 Å². The van der Waals surface area contributed by atoms with Crippen molar-refractivity contribution < 1.29 is 9.47 Å². The smallest absolute Gasteiger partial charge is 0.229 e. The van der Waals surface area contributed by atoms with Gasteiger partial charge >= 0.3 is 0 Å². The summed E-state index contributed by atoms with van der Waals surface area (Å²) in [5.74, 6) is 2.17. The van der Waals surface area contributed by atoms with E-state index in [0.29, 0.717) is 40.8 Å². The molecule has 31 heavy (non-hydrogen) atoms. The van der Waals surface area contributed by atoms with Gasteiger partial charge in [0.25, 0.3) is 0 Å². The van der Waals surface area contributed by atoms with Crippen LogP contribution in [-0.2, 0) is 6.54 Å². The maximum atomic E-state index is 5.49. The number of guanidine groups is 1. The van der Waals surface area contributed by atoms with Gasteiger partial charge in [0.2, 0.25) is 11.9 Å². The van der Waals surface area contributed by atoms with E-state index in [1.54, 1.807) is 31.6 Å². The monoisotopic (exact) mass is 456 g/mol. The van der Waals surface area contributed by atoms with Crippen LogP contribution in [0.4, 0.5) is 11.6 Å². The molecule has 0 unspecified atom stereocenters. The number of anilines is 2. The summed E-state index contributed by atoms with van der Waals surface area (Å²) < 4.78 is 10.7. The number of aliphatic imine (C=N–C) groups is 1. The molecule has 3 N–H and O–H groups in total. The molecular formula is C21H24N6O2S2. The molecule has 0 aliphatic rings. The largest absolute Gasteiger partial charge is 0.497 e. The van der Waals surface area contributed by atoms with Crippen molar-refractivity contribution in [2.24, 2.45) is 4.99 Å². The van der Waals surface area contributed by atoms with Crippen LogP contribution >= 0.6 is 23.6 Å². The zero-order valence-electron chi connectivity index (χ0n) is 17.7. The highest BCUT2D eigenvalue weighted by atomic mass is 32.1. The second kappa shape index (κ2) is 10.7. The van der Waals surface area contributed by atoms with Gasteiger partial charge in [0.05, 0.1) is 26.5 Å². The third kappa shape index (κ3) is 6.63. The molecule has 2 heterocycles. The molecular weight excluding hydrogens is 432 g/mol. The van der Waals surface area contributed by atoms with E-state index in [4.69, 9.17) is 21.7 Å². The van der Waals surface area contributed by atoms with Gasteiger partial charge in [-0.25, -0.2) is 15.0 Å². The predicted octanol–water partition coefficient (Wildman–Crippen LogP) is 4.13. The van der Waals surface area contributed by atoms with Crippen molar-refractivity contribution in [3.8, 4) is 11.5 Å². The van der Waals surface area contributed by atoms with Crippen molar-refractivity contribution >= 4 is 46.3 Å².